The van der Waals surface area contributed by atoms with E-state index in [2.05, 4.69) is 21.0 Å². The zero-order valence-corrected chi connectivity index (χ0v) is 6.90. The van der Waals surface area contributed by atoms with E-state index in [-0.39, 0.29) is 0 Å². The van der Waals surface area contributed by atoms with E-state index >= 15 is 0 Å². The highest BCUT2D eigenvalue weighted by Gasteiger charge is 2.17. The van der Waals surface area contributed by atoms with E-state index in [9.17, 15) is 0 Å². The third-order valence-electron chi connectivity index (χ3n) is 2.27. The number of hydrogen-bond acceptors (Lipinski definition) is 2. The first kappa shape index (κ1) is 5.77. The van der Waals surface area contributed by atoms with Crippen molar-refractivity contribution in [1.29, 1.82) is 0 Å². The van der Waals surface area contributed by atoms with Crippen LogP contribution in [0.25, 0.3) is 4.96 Å². The lowest BCUT2D eigenvalue weighted by Gasteiger charge is -1.88. The molecule has 56 valence electrons. The molecule has 0 amide bonds. The molecule has 2 aromatic heterocycles. The number of hydrogen-bond donors (Lipinski definition) is 0. The number of fused-ring (bicyclic) bond motifs is 3. The molecule has 0 aliphatic heterocycles. The van der Waals surface area contributed by atoms with E-state index in [0.717, 1.165) is 4.96 Å². The van der Waals surface area contributed by atoms with Gasteiger partial charge in [0, 0.05) is 17.3 Å². The first-order valence-corrected chi connectivity index (χ1v) is 4.76. The summed E-state index contributed by atoms with van der Waals surface area (Å²) < 4.78 is 2.23. The first-order valence-electron chi connectivity index (χ1n) is 3.88. The van der Waals surface area contributed by atoms with Crippen LogP contribution in [0.1, 0.15) is 17.8 Å². The van der Waals surface area contributed by atoms with Gasteiger partial charge in [-0.15, -0.1) is 11.3 Å². The molecule has 0 saturated heterocycles. The highest BCUT2D eigenvalue weighted by Crippen LogP contribution is 2.24. The van der Waals surface area contributed by atoms with Gasteiger partial charge in [-0.2, -0.15) is 0 Å². The first-order chi connectivity index (χ1) is 5.45. The smallest absolute Gasteiger partial charge is 0.194 e. The van der Waals surface area contributed by atoms with Gasteiger partial charge in [0.25, 0.3) is 0 Å². The summed E-state index contributed by atoms with van der Waals surface area (Å²) in [5.74, 6) is 0. The Labute approximate surface area is 68.5 Å². The van der Waals surface area contributed by atoms with Crippen molar-refractivity contribution in [3.8, 4) is 0 Å². The van der Waals surface area contributed by atoms with Crippen molar-refractivity contribution in [2.45, 2.75) is 19.3 Å². The summed E-state index contributed by atoms with van der Waals surface area (Å²) in [6.07, 6.45) is 5.81. The van der Waals surface area contributed by atoms with Gasteiger partial charge < -0.3 is 0 Å². The maximum atomic E-state index is 4.53. The lowest BCUT2D eigenvalue weighted by Crippen LogP contribution is -1.83. The maximum absolute atomic E-state index is 4.53. The number of aromatic nitrogens is 2. The molecule has 0 aromatic carbocycles. The molecular formula is C8H8N2S. The van der Waals surface area contributed by atoms with Crippen LogP contribution in [0, 0.1) is 0 Å². The fourth-order valence-corrected chi connectivity index (χ4v) is 2.52. The molecule has 11 heavy (non-hydrogen) atoms. The predicted molar refractivity (Wildman–Crippen MR) is 45.1 cm³/mol. The number of aryl methyl sites for hydroxylation is 2. The summed E-state index contributed by atoms with van der Waals surface area (Å²) in [5.41, 5.74) is 2.78. The Hall–Kier alpha value is -0.830. The van der Waals surface area contributed by atoms with Gasteiger partial charge in [-0.25, -0.2) is 4.98 Å². The summed E-state index contributed by atoms with van der Waals surface area (Å²) in [6, 6.07) is 0. The molecule has 0 atom stereocenters. The van der Waals surface area contributed by atoms with Gasteiger partial charge in [0.05, 0.1) is 5.69 Å². The van der Waals surface area contributed by atoms with E-state index in [1.54, 1.807) is 11.3 Å². The van der Waals surface area contributed by atoms with E-state index in [4.69, 9.17) is 0 Å². The predicted octanol–water partition coefficient (Wildman–Crippen LogP) is 1.88. The lowest BCUT2D eigenvalue weighted by atomic mass is 10.4. The largest absolute Gasteiger partial charge is 0.294 e. The fraction of sp³-hybridized carbons (Fsp3) is 0.375. The molecule has 0 N–H and O–H groups in total. The van der Waals surface area contributed by atoms with Gasteiger partial charge in [-0.05, 0) is 19.3 Å². The highest BCUT2D eigenvalue weighted by atomic mass is 32.1. The van der Waals surface area contributed by atoms with Gasteiger partial charge in [0.15, 0.2) is 4.96 Å². The van der Waals surface area contributed by atoms with Crippen molar-refractivity contribution in [2.24, 2.45) is 0 Å². The summed E-state index contributed by atoms with van der Waals surface area (Å²) >= 11 is 1.72. The van der Waals surface area contributed by atoms with Crippen LogP contribution in [0.2, 0.25) is 0 Å². The summed E-state index contributed by atoms with van der Waals surface area (Å²) in [5, 5.41) is 2.10. The molecule has 0 unspecified atom stereocenters. The second-order valence-corrected chi connectivity index (χ2v) is 3.79. The Balaban J connectivity index is 2.46. The van der Waals surface area contributed by atoms with Crippen LogP contribution >= 0.6 is 11.3 Å². The number of thiazole rings is 1. The topological polar surface area (TPSA) is 17.3 Å². The second kappa shape index (κ2) is 1.85. The van der Waals surface area contributed by atoms with Crippen LogP contribution in [-0.2, 0) is 12.8 Å². The SMILES string of the molecule is c1cn2c3c(nc2s1)CCC3. The van der Waals surface area contributed by atoms with E-state index in [1.807, 2.05) is 0 Å². The third kappa shape index (κ3) is 0.639. The monoisotopic (exact) mass is 164 g/mol. The van der Waals surface area contributed by atoms with E-state index in [1.165, 1.54) is 30.7 Å². The minimum absolute atomic E-state index is 1.16. The van der Waals surface area contributed by atoms with Crippen molar-refractivity contribution in [3.63, 3.8) is 0 Å². The molecule has 1 aliphatic rings. The maximum Gasteiger partial charge on any atom is 0.194 e. The molecule has 0 bridgehead atoms. The summed E-state index contributed by atoms with van der Waals surface area (Å²) in [6.45, 7) is 0. The molecule has 2 heterocycles. The van der Waals surface area contributed by atoms with Crippen molar-refractivity contribution in [3.05, 3.63) is 23.0 Å². The molecule has 0 fully saturated rings. The minimum atomic E-state index is 1.16. The van der Waals surface area contributed by atoms with Crippen molar-refractivity contribution in [2.75, 3.05) is 0 Å². The van der Waals surface area contributed by atoms with Crippen molar-refractivity contribution in [1.82, 2.24) is 9.38 Å². The van der Waals surface area contributed by atoms with Crippen LogP contribution in [0.3, 0.4) is 0 Å². The van der Waals surface area contributed by atoms with Crippen LogP contribution in [0.15, 0.2) is 11.6 Å². The zero-order valence-electron chi connectivity index (χ0n) is 6.08. The van der Waals surface area contributed by atoms with Crippen LogP contribution in [0.4, 0.5) is 0 Å². The molecule has 3 heteroatoms. The Kier molecular flexibility index (Phi) is 0.973. The molecular weight excluding hydrogens is 156 g/mol. The summed E-state index contributed by atoms with van der Waals surface area (Å²) in [7, 11) is 0. The van der Waals surface area contributed by atoms with Crippen LogP contribution in [0.5, 0.6) is 0 Å². The van der Waals surface area contributed by atoms with Gasteiger partial charge in [0.2, 0.25) is 0 Å². The van der Waals surface area contributed by atoms with Gasteiger partial charge in [-0.3, -0.25) is 4.40 Å². The van der Waals surface area contributed by atoms with E-state index in [0.29, 0.717) is 0 Å². The quantitative estimate of drug-likeness (QED) is 0.581. The van der Waals surface area contributed by atoms with Crippen LogP contribution in [-0.4, -0.2) is 9.38 Å². The second-order valence-electron chi connectivity index (χ2n) is 2.91. The normalized spacial score (nSPS) is 16.0. The van der Waals surface area contributed by atoms with Gasteiger partial charge in [-0.1, -0.05) is 0 Å². The molecule has 0 radical (unpaired) electrons. The third-order valence-corrected chi connectivity index (χ3v) is 3.03. The molecule has 1 aliphatic carbocycles. The lowest BCUT2D eigenvalue weighted by molar-refractivity contribution is 0.873. The van der Waals surface area contributed by atoms with Crippen molar-refractivity contribution < 1.29 is 0 Å². The van der Waals surface area contributed by atoms with Crippen LogP contribution < -0.4 is 0 Å². The molecule has 2 aromatic rings. The number of rotatable bonds is 0. The number of imidazole rings is 1. The summed E-state index contributed by atoms with van der Waals surface area (Å²) in [4.78, 5) is 5.70. The number of nitrogens with zero attached hydrogens (tertiary/aromatic N) is 2. The zero-order chi connectivity index (χ0) is 7.26. The van der Waals surface area contributed by atoms with Crippen molar-refractivity contribution >= 4 is 16.3 Å². The fourth-order valence-electron chi connectivity index (χ4n) is 1.77. The molecule has 2 nitrogen and oxygen atoms in total. The average Bonchev–Trinajstić information content (AvgIpc) is 2.52. The van der Waals surface area contributed by atoms with Gasteiger partial charge >= 0.3 is 0 Å². The Bertz CT molecular complexity index is 399. The van der Waals surface area contributed by atoms with E-state index < -0.39 is 0 Å². The molecule has 0 spiro atoms. The van der Waals surface area contributed by atoms with Gasteiger partial charge in [0.1, 0.15) is 0 Å². The molecule has 0 saturated carbocycles. The minimum Gasteiger partial charge on any atom is -0.294 e. The molecule has 3 rings (SSSR count). The Morgan fingerprint density at radius 2 is 2.45 bits per heavy atom. The Morgan fingerprint density at radius 1 is 1.45 bits per heavy atom. The average molecular weight is 164 g/mol. The highest BCUT2D eigenvalue weighted by molar-refractivity contribution is 7.15. The Morgan fingerprint density at radius 3 is 3.45 bits per heavy atom. The standard InChI is InChI=1S/C8H8N2S/c1-2-6-7(3-1)10-4-5-11-8(10)9-6/h4-5H,1-3H2.